The van der Waals surface area contributed by atoms with Crippen LogP contribution in [0.5, 0.6) is 0 Å². The number of methoxy groups -OCH3 is 3. The predicted molar refractivity (Wildman–Crippen MR) is 218 cm³/mol. The Hall–Kier alpha value is -2.40. The Morgan fingerprint density at radius 2 is 1.34 bits per heavy atom. The molecule has 0 aromatic rings. The van der Waals surface area contributed by atoms with Crippen molar-refractivity contribution in [2.24, 2.45) is 29.6 Å². The summed E-state index contributed by atoms with van der Waals surface area (Å²) in [5.74, 6) is -1.76. The van der Waals surface area contributed by atoms with Gasteiger partial charge in [0, 0.05) is 41.0 Å². The minimum Gasteiger partial charge on any atom is -0.379 e. The van der Waals surface area contributed by atoms with Crippen LogP contribution < -0.4 is 10.8 Å². The maximum atomic E-state index is 14.3. The van der Waals surface area contributed by atoms with Crippen molar-refractivity contribution in [2.75, 3.05) is 56.1 Å². The molecule has 0 saturated carbocycles. The molecule has 1 heterocycles. The van der Waals surface area contributed by atoms with Gasteiger partial charge in [0.05, 0.1) is 61.2 Å². The van der Waals surface area contributed by atoms with Gasteiger partial charge in [0.25, 0.3) is 0 Å². The Kier molecular flexibility index (Phi) is 22.6. The summed E-state index contributed by atoms with van der Waals surface area (Å²) in [6.45, 7) is 18.4. The second kappa shape index (κ2) is 24.5. The van der Waals surface area contributed by atoms with E-state index in [1.54, 1.807) is 31.6 Å². The molecule has 4 N–H and O–H groups in total. The van der Waals surface area contributed by atoms with E-state index in [9.17, 15) is 29.5 Å². The van der Waals surface area contributed by atoms with Gasteiger partial charge in [0.2, 0.25) is 23.6 Å². The SMILES string of the molecule is CC[C@H](C)[C@@H]([C@@H](CC(=O)NO)OC)N(C)C(=O)[C@H](C)[C@@H](OC)[C@@H]1CCCN1C(=O)C[C@@H](OC)[C@H]([C@@H](C)CC)N(C)C(O)[C@@H](NC(=O)[C@H](C(C)C)N(C)C)C(C)C. The Bertz CT molecular complexity index is 1200. The monoisotopic (exact) mass is 801 g/mol. The number of aliphatic hydroxyl groups is 1. The highest BCUT2D eigenvalue weighted by Crippen LogP contribution is 2.32. The van der Waals surface area contributed by atoms with Crippen LogP contribution in [0.1, 0.15) is 101 Å². The number of amides is 4. The van der Waals surface area contributed by atoms with Crippen LogP contribution in [0.4, 0.5) is 0 Å². The minimum atomic E-state index is -1.06. The number of hydrogen-bond donors (Lipinski definition) is 4. The number of hydroxylamine groups is 1. The Balaban J connectivity index is 3.38. The average molecular weight is 801 g/mol. The molecule has 1 fully saturated rings. The minimum absolute atomic E-state index is 0.0215. The number of carbonyl (C=O) groups excluding carboxylic acids is 4. The van der Waals surface area contributed by atoms with Crippen LogP contribution in [0.2, 0.25) is 0 Å². The summed E-state index contributed by atoms with van der Waals surface area (Å²) in [5.41, 5.74) is 1.66. The molecule has 4 amide bonds. The number of carbonyl (C=O) groups is 4. The maximum absolute atomic E-state index is 14.3. The number of nitrogens with one attached hydrogen (secondary N) is 2. The van der Waals surface area contributed by atoms with Gasteiger partial charge in [-0.1, -0.05) is 75.2 Å². The molecule has 328 valence electrons. The van der Waals surface area contributed by atoms with E-state index in [1.165, 1.54) is 7.11 Å². The van der Waals surface area contributed by atoms with Crippen molar-refractivity contribution in [3.8, 4) is 0 Å². The number of nitrogens with zero attached hydrogens (tertiary/aromatic N) is 4. The lowest BCUT2D eigenvalue weighted by atomic mass is 9.88. The van der Waals surface area contributed by atoms with Crippen molar-refractivity contribution < 1.29 is 43.7 Å². The van der Waals surface area contributed by atoms with E-state index in [1.807, 2.05) is 84.3 Å². The van der Waals surface area contributed by atoms with Gasteiger partial charge in [-0.05, 0) is 57.7 Å². The quantitative estimate of drug-likeness (QED) is 0.0607. The zero-order valence-corrected chi connectivity index (χ0v) is 37.6. The van der Waals surface area contributed by atoms with Crippen LogP contribution in [-0.4, -0.2) is 164 Å². The van der Waals surface area contributed by atoms with E-state index in [0.29, 0.717) is 13.0 Å². The molecule has 1 aliphatic heterocycles. The molecule has 1 saturated heterocycles. The van der Waals surface area contributed by atoms with Crippen LogP contribution in [0.15, 0.2) is 0 Å². The second-order valence-corrected chi connectivity index (χ2v) is 17.0. The smallest absolute Gasteiger partial charge is 0.246 e. The van der Waals surface area contributed by atoms with Crippen LogP contribution in [0.3, 0.4) is 0 Å². The molecule has 0 bridgehead atoms. The van der Waals surface area contributed by atoms with Gasteiger partial charge in [-0.25, -0.2) is 5.48 Å². The lowest BCUT2D eigenvalue weighted by Gasteiger charge is -2.44. The number of rotatable bonds is 25. The summed E-state index contributed by atoms with van der Waals surface area (Å²) in [7, 11) is 11.9. The van der Waals surface area contributed by atoms with E-state index in [-0.39, 0.29) is 72.4 Å². The number of hydrogen-bond acceptors (Lipinski definition) is 11. The first-order valence-corrected chi connectivity index (χ1v) is 20.6. The summed E-state index contributed by atoms with van der Waals surface area (Å²) in [6.07, 6.45) is -0.105. The van der Waals surface area contributed by atoms with E-state index in [0.717, 1.165) is 19.3 Å². The van der Waals surface area contributed by atoms with Crippen LogP contribution in [-0.2, 0) is 33.4 Å². The molecule has 1 rings (SSSR count). The molecule has 0 aromatic carbocycles. The van der Waals surface area contributed by atoms with E-state index in [4.69, 9.17) is 14.2 Å². The van der Waals surface area contributed by atoms with Crippen molar-refractivity contribution in [2.45, 2.75) is 156 Å². The third-order valence-corrected chi connectivity index (χ3v) is 12.3. The lowest BCUT2D eigenvalue weighted by molar-refractivity contribution is -0.152. The van der Waals surface area contributed by atoms with Gasteiger partial charge in [-0.3, -0.25) is 34.2 Å². The molecule has 56 heavy (non-hydrogen) atoms. The lowest BCUT2D eigenvalue weighted by Crippen LogP contribution is -2.61. The fourth-order valence-corrected chi connectivity index (χ4v) is 8.86. The molecule has 0 aromatic heterocycles. The topological polar surface area (TPSA) is 173 Å². The van der Waals surface area contributed by atoms with Crippen molar-refractivity contribution in [1.82, 2.24) is 30.4 Å². The summed E-state index contributed by atoms with van der Waals surface area (Å²) in [5, 5.41) is 24.2. The van der Waals surface area contributed by atoms with Gasteiger partial charge >= 0.3 is 0 Å². The standard InChI is InChI=1S/C41H80N6O9/c1-17-26(7)36(30(54-14)22-32(48)43-53)45(12)40(51)28(9)38(56-16)29-20-19-21-47(29)33(49)23-31(55-15)37(27(8)18-2)46(13)41(52)34(24(3)4)42-39(50)35(25(5)6)44(10)11/h24-31,34-38,41,52-53H,17-23H2,1-16H3,(H,42,50)(H,43,48)/t26-,27-,28+,29-,30+,31+,34-,35-,36-,37-,38+,41?/m0/s1. The molecule has 1 unspecified atom stereocenters. The van der Waals surface area contributed by atoms with Crippen molar-refractivity contribution in [3.63, 3.8) is 0 Å². The van der Waals surface area contributed by atoms with Gasteiger partial charge in [-0.2, -0.15) is 0 Å². The van der Waals surface area contributed by atoms with Crippen molar-refractivity contribution in [1.29, 1.82) is 0 Å². The van der Waals surface area contributed by atoms with E-state index < -0.39 is 48.4 Å². The molecule has 1 aliphatic rings. The zero-order chi connectivity index (χ0) is 43.2. The zero-order valence-electron chi connectivity index (χ0n) is 37.6. The molecule has 15 nitrogen and oxygen atoms in total. The summed E-state index contributed by atoms with van der Waals surface area (Å²) >= 11 is 0. The Morgan fingerprint density at radius 3 is 1.79 bits per heavy atom. The van der Waals surface area contributed by atoms with E-state index >= 15 is 0 Å². The van der Waals surface area contributed by atoms with Crippen LogP contribution in [0, 0.1) is 29.6 Å². The molecule has 15 heteroatoms. The molecule has 0 spiro atoms. The summed E-state index contributed by atoms with van der Waals surface area (Å²) < 4.78 is 17.8. The molecular weight excluding hydrogens is 720 g/mol. The first-order valence-electron chi connectivity index (χ1n) is 20.6. The largest absolute Gasteiger partial charge is 0.379 e. The number of likely N-dealkylation sites (N-methyl/N-ethyl adjacent to an activating group) is 3. The van der Waals surface area contributed by atoms with Crippen molar-refractivity contribution in [3.05, 3.63) is 0 Å². The third-order valence-electron chi connectivity index (χ3n) is 12.3. The number of likely N-dealkylation sites (tertiary alicyclic amines) is 1. The van der Waals surface area contributed by atoms with E-state index in [2.05, 4.69) is 19.2 Å². The van der Waals surface area contributed by atoms with Gasteiger partial charge in [-0.15, -0.1) is 0 Å². The highest BCUT2D eigenvalue weighted by molar-refractivity contribution is 5.82. The molecular formula is C41H80N6O9. The van der Waals surface area contributed by atoms with Crippen molar-refractivity contribution >= 4 is 23.6 Å². The van der Waals surface area contributed by atoms with Crippen LogP contribution in [0.25, 0.3) is 0 Å². The molecule has 12 atom stereocenters. The fourth-order valence-electron chi connectivity index (χ4n) is 8.86. The highest BCUT2D eigenvalue weighted by atomic mass is 16.5. The van der Waals surface area contributed by atoms with Gasteiger partial charge in [0.1, 0.15) is 6.23 Å². The van der Waals surface area contributed by atoms with Gasteiger partial charge in [0.15, 0.2) is 0 Å². The summed E-state index contributed by atoms with van der Waals surface area (Å²) in [6, 6.07) is -2.15. The highest BCUT2D eigenvalue weighted by Gasteiger charge is 2.45. The van der Waals surface area contributed by atoms with Gasteiger partial charge < -0.3 is 34.4 Å². The number of aliphatic hydroxyl groups excluding tert-OH is 1. The maximum Gasteiger partial charge on any atom is 0.246 e. The summed E-state index contributed by atoms with van der Waals surface area (Å²) in [4.78, 5) is 61.4. The number of ether oxygens (including phenoxy) is 3. The average Bonchev–Trinajstić information content (AvgIpc) is 3.64. The normalized spacial score (nSPS) is 20.9. The second-order valence-electron chi connectivity index (χ2n) is 17.0. The first kappa shape index (κ1) is 51.6. The molecule has 0 radical (unpaired) electrons. The fraction of sp³-hybridized carbons (Fsp3) is 0.902. The molecule has 0 aliphatic carbocycles. The Labute approximate surface area is 338 Å². The third kappa shape index (κ3) is 13.3. The first-order chi connectivity index (χ1) is 26.2. The predicted octanol–water partition coefficient (Wildman–Crippen LogP) is 3.21. The van der Waals surface area contributed by atoms with Crippen LogP contribution >= 0.6 is 0 Å². The Morgan fingerprint density at radius 1 is 0.804 bits per heavy atom.